The van der Waals surface area contributed by atoms with Gasteiger partial charge in [0.25, 0.3) is 0 Å². The Labute approximate surface area is 161 Å². The molecule has 0 saturated carbocycles. The number of piperazine rings is 1. The molecule has 0 aromatic heterocycles. The molecule has 2 N–H and O–H groups in total. The zero-order chi connectivity index (χ0) is 19.7. The second kappa shape index (κ2) is 7.90. The summed E-state index contributed by atoms with van der Waals surface area (Å²) in [5, 5.41) is 14.5. The molecule has 2 atom stereocenters. The van der Waals surface area contributed by atoms with Gasteiger partial charge in [-0.2, -0.15) is 0 Å². The van der Waals surface area contributed by atoms with Crippen LogP contribution in [0.15, 0.2) is 12.1 Å². The normalized spacial score (nSPS) is 19.4. The third-order valence-corrected chi connectivity index (χ3v) is 5.82. The largest absolute Gasteiger partial charge is 0.507 e. The van der Waals surface area contributed by atoms with Gasteiger partial charge in [-0.05, 0) is 45.6 Å². The number of phenols is 1. The van der Waals surface area contributed by atoms with Crippen LogP contribution in [0.5, 0.6) is 5.75 Å². The van der Waals surface area contributed by atoms with E-state index < -0.39 is 0 Å². The number of phenolic OH excluding ortho intramolecular Hbond substituents is 1. The molecule has 2 rings (SSSR count). The molecule has 0 aliphatic carbocycles. The van der Waals surface area contributed by atoms with Crippen molar-refractivity contribution in [2.75, 3.05) is 26.2 Å². The Morgan fingerprint density at radius 1 is 1.00 bits per heavy atom. The number of aromatic hydroxyl groups is 1. The van der Waals surface area contributed by atoms with Gasteiger partial charge in [-0.25, -0.2) is 0 Å². The smallest absolute Gasteiger partial charge is 0.123 e. The summed E-state index contributed by atoms with van der Waals surface area (Å²) < 4.78 is 0. The van der Waals surface area contributed by atoms with Crippen LogP contribution in [-0.4, -0.2) is 36.2 Å². The Kier molecular flexibility index (Phi) is 6.45. The van der Waals surface area contributed by atoms with E-state index in [-0.39, 0.29) is 10.8 Å². The number of rotatable bonds is 4. The molecular weight excluding hydrogens is 320 g/mol. The fourth-order valence-electron chi connectivity index (χ4n) is 4.05. The monoisotopic (exact) mass is 360 g/mol. The van der Waals surface area contributed by atoms with Crippen molar-refractivity contribution in [3.05, 3.63) is 28.8 Å². The van der Waals surface area contributed by atoms with Crippen molar-refractivity contribution >= 4 is 0 Å². The molecular formula is C23H40N2O. The second-order valence-electron chi connectivity index (χ2n) is 10.1. The number of benzene rings is 1. The van der Waals surface area contributed by atoms with Crippen LogP contribution in [0.3, 0.4) is 0 Å². The van der Waals surface area contributed by atoms with Crippen LogP contribution in [-0.2, 0) is 10.8 Å². The molecule has 1 aromatic carbocycles. The topological polar surface area (TPSA) is 35.5 Å². The van der Waals surface area contributed by atoms with Gasteiger partial charge in [0.1, 0.15) is 5.75 Å². The average Bonchev–Trinajstić information content (AvgIpc) is 2.55. The number of nitrogens with one attached hydrogen (secondary N) is 1. The molecule has 1 unspecified atom stereocenters. The predicted molar refractivity (Wildman–Crippen MR) is 112 cm³/mol. The Balaban J connectivity index is 2.63. The number of nitrogens with zero attached hydrogens (tertiary/aromatic N) is 1. The van der Waals surface area contributed by atoms with Crippen molar-refractivity contribution in [2.24, 2.45) is 5.92 Å². The summed E-state index contributed by atoms with van der Waals surface area (Å²) in [5.41, 5.74) is 3.35. The van der Waals surface area contributed by atoms with E-state index in [4.69, 9.17) is 0 Å². The maximum absolute atomic E-state index is 11.0. The van der Waals surface area contributed by atoms with Crippen LogP contribution >= 0.6 is 0 Å². The Bertz CT molecular complexity index is 569. The lowest BCUT2D eigenvalue weighted by Gasteiger charge is -2.40. The third-order valence-electron chi connectivity index (χ3n) is 5.82. The van der Waals surface area contributed by atoms with Crippen molar-refractivity contribution in [3.63, 3.8) is 0 Å². The lowest BCUT2D eigenvalue weighted by Crippen LogP contribution is -2.46. The van der Waals surface area contributed by atoms with Crippen LogP contribution in [0, 0.1) is 5.92 Å². The van der Waals surface area contributed by atoms with Crippen molar-refractivity contribution in [1.82, 2.24) is 10.2 Å². The first kappa shape index (κ1) is 21.2. The summed E-state index contributed by atoms with van der Waals surface area (Å²) >= 11 is 0. The highest BCUT2D eigenvalue weighted by Gasteiger charge is 2.32. The Morgan fingerprint density at radius 3 is 1.85 bits per heavy atom. The molecule has 3 heteroatoms. The molecule has 1 saturated heterocycles. The van der Waals surface area contributed by atoms with Gasteiger partial charge in [-0.3, -0.25) is 4.90 Å². The second-order valence-corrected chi connectivity index (χ2v) is 10.1. The van der Waals surface area contributed by atoms with Gasteiger partial charge in [-0.1, -0.05) is 61.8 Å². The van der Waals surface area contributed by atoms with Crippen molar-refractivity contribution in [3.8, 4) is 5.75 Å². The first-order valence-corrected chi connectivity index (χ1v) is 10.3. The van der Waals surface area contributed by atoms with Gasteiger partial charge in [0.15, 0.2) is 0 Å². The van der Waals surface area contributed by atoms with E-state index in [0.29, 0.717) is 17.7 Å². The quantitative estimate of drug-likeness (QED) is 0.795. The maximum atomic E-state index is 11.0. The molecule has 148 valence electrons. The van der Waals surface area contributed by atoms with E-state index in [1.165, 1.54) is 5.56 Å². The SMILES string of the molecule is CCC(C)[C@@H](c1cc(C(C)(C)C)c(O)c(C(C)(C)C)c1)N1CCNCC1. The highest BCUT2D eigenvalue weighted by molar-refractivity contribution is 5.50. The highest BCUT2D eigenvalue weighted by atomic mass is 16.3. The molecule has 1 heterocycles. The fraction of sp³-hybridized carbons (Fsp3) is 0.739. The molecule has 1 aromatic rings. The minimum atomic E-state index is -0.0798. The van der Waals surface area contributed by atoms with Crippen LogP contribution in [0.4, 0.5) is 0 Å². The Hall–Kier alpha value is -1.06. The van der Waals surface area contributed by atoms with Crippen LogP contribution < -0.4 is 5.32 Å². The number of hydrogen-bond acceptors (Lipinski definition) is 3. The van der Waals surface area contributed by atoms with Gasteiger partial charge in [0.2, 0.25) is 0 Å². The maximum Gasteiger partial charge on any atom is 0.123 e. The zero-order valence-corrected chi connectivity index (χ0v) is 18.2. The predicted octanol–water partition coefficient (Wildman–Crippen LogP) is 4.98. The molecule has 1 aliphatic heterocycles. The fourth-order valence-corrected chi connectivity index (χ4v) is 4.05. The highest BCUT2D eigenvalue weighted by Crippen LogP contribution is 2.43. The minimum Gasteiger partial charge on any atom is -0.507 e. The molecule has 3 nitrogen and oxygen atoms in total. The van der Waals surface area contributed by atoms with Gasteiger partial charge in [-0.15, -0.1) is 0 Å². The van der Waals surface area contributed by atoms with Gasteiger partial charge < -0.3 is 10.4 Å². The average molecular weight is 361 g/mol. The van der Waals surface area contributed by atoms with Gasteiger partial charge in [0, 0.05) is 32.2 Å². The van der Waals surface area contributed by atoms with E-state index in [9.17, 15) is 5.11 Å². The van der Waals surface area contributed by atoms with E-state index >= 15 is 0 Å². The molecule has 0 radical (unpaired) electrons. The third kappa shape index (κ3) is 4.61. The van der Waals surface area contributed by atoms with Crippen LogP contribution in [0.25, 0.3) is 0 Å². The zero-order valence-electron chi connectivity index (χ0n) is 18.2. The molecule has 0 spiro atoms. The summed E-state index contributed by atoms with van der Waals surface area (Å²) in [6.07, 6.45) is 1.16. The van der Waals surface area contributed by atoms with E-state index in [2.05, 4.69) is 77.7 Å². The Morgan fingerprint density at radius 2 is 1.46 bits per heavy atom. The summed E-state index contributed by atoms with van der Waals surface area (Å²) in [7, 11) is 0. The summed E-state index contributed by atoms with van der Waals surface area (Å²) in [5.74, 6) is 1.07. The van der Waals surface area contributed by atoms with E-state index in [1.807, 2.05) is 0 Å². The van der Waals surface area contributed by atoms with Gasteiger partial charge >= 0.3 is 0 Å². The van der Waals surface area contributed by atoms with Crippen molar-refractivity contribution in [1.29, 1.82) is 0 Å². The summed E-state index contributed by atoms with van der Waals surface area (Å²) in [6.45, 7) is 22.1. The number of hydrogen-bond donors (Lipinski definition) is 2. The van der Waals surface area contributed by atoms with Crippen LogP contribution in [0.1, 0.15) is 84.5 Å². The lowest BCUT2D eigenvalue weighted by molar-refractivity contribution is 0.128. The van der Waals surface area contributed by atoms with Crippen molar-refractivity contribution < 1.29 is 5.11 Å². The van der Waals surface area contributed by atoms with Gasteiger partial charge in [0.05, 0.1) is 0 Å². The summed E-state index contributed by atoms with van der Waals surface area (Å²) in [4.78, 5) is 2.63. The standard InChI is InChI=1S/C23H40N2O/c1-9-16(2)20(25-12-10-24-11-13-25)17-14-18(22(3,4)5)21(26)19(15-17)23(6,7)8/h14-16,20,24,26H,9-13H2,1-8H3/t16?,20-/m0/s1. The molecule has 1 fully saturated rings. The minimum absolute atomic E-state index is 0.0798. The molecule has 0 amide bonds. The van der Waals surface area contributed by atoms with Crippen LogP contribution in [0.2, 0.25) is 0 Å². The molecule has 26 heavy (non-hydrogen) atoms. The first-order chi connectivity index (χ1) is 12.0. The van der Waals surface area contributed by atoms with Crippen molar-refractivity contribution in [2.45, 2.75) is 78.7 Å². The van der Waals surface area contributed by atoms with E-state index in [1.54, 1.807) is 0 Å². The van der Waals surface area contributed by atoms with E-state index in [0.717, 1.165) is 43.7 Å². The molecule has 1 aliphatic rings. The lowest BCUT2D eigenvalue weighted by atomic mass is 9.76. The first-order valence-electron chi connectivity index (χ1n) is 10.3. The summed E-state index contributed by atoms with van der Waals surface area (Å²) in [6, 6.07) is 4.97. The molecule has 0 bridgehead atoms.